The van der Waals surface area contributed by atoms with Crippen LogP contribution in [0.3, 0.4) is 0 Å². The number of pyridine rings is 1. The van der Waals surface area contributed by atoms with Crippen LogP contribution in [-0.2, 0) is 6.54 Å². The van der Waals surface area contributed by atoms with Crippen molar-refractivity contribution >= 4 is 0 Å². The van der Waals surface area contributed by atoms with Crippen LogP contribution in [0.15, 0.2) is 18.2 Å². The molecule has 96 valence electrons. The molecule has 0 aromatic carbocycles. The fourth-order valence-corrected chi connectivity index (χ4v) is 1.56. The van der Waals surface area contributed by atoms with Crippen molar-refractivity contribution < 1.29 is 4.74 Å². The lowest BCUT2D eigenvalue weighted by molar-refractivity contribution is 0.286. The van der Waals surface area contributed by atoms with Crippen LogP contribution in [0.5, 0.6) is 5.88 Å². The Morgan fingerprint density at radius 2 is 2.18 bits per heavy atom. The normalized spacial score (nSPS) is 10.8. The summed E-state index contributed by atoms with van der Waals surface area (Å²) in [7, 11) is 0. The third-order valence-corrected chi connectivity index (χ3v) is 2.51. The molecule has 0 saturated heterocycles. The molecule has 0 spiro atoms. The van der Waals surface area contributed by atoms with Crippen molar-refractivity contribution in [2.45, 2.75) is 40.2 Å². The molecule has 1 rings (SSSR count). The zero-order valence-corrected chi connectivity index (χ0v) is 11.2. The lowest BCUT2D eigenvalue weighted by Crippen LogP contribution is -2.13. The highest BCUT2D eigenvalue weighted by molar-refractivity contribution is 5.15. The van der Waals surface area contributed by atoms with Crippen LogP contribution in [0, 0.1) is 5.92 Å². The Bertz CT molecular complexity index is 313. The molecule has 0 radical (unpaired) electrons. The molecule has 1 aromatic rings. The Morgan fingerprint density at radius 3 is 2.88 bits per heavy atom. The third kappa shape index (κ3) is 6.27. The lowest BCUT2D eigenvalue weighted by Gasteiger charge is -2.08. The van der Waals surface area contributed by atoms with Crippen molar-refractivity contribution in [2.75, 3.05) is 13.2 Å². The molecular formula is C14H24N2O. The average Bonchev–Trinajstić information content (AvgIpc) is 2.32. The fourth-order valence-electron chi connectivity index (χ4n) is 1.56. The first-order valence-electron chi connectivity index (χ1n) is 6.51. The summed E-state index contributed by atoms with van der Waals surface area (Å²) in [6.45, 7) is 9.08. The van der Waals surface area contributed by atoms with E-state index in [0.29, 0.717) is 0 Å². The molecule has 0 bridgehead atoms. The van der Waals surface area contributed by atoms with E-state index >= 15 is 0 Å². The molecule has 0 amide bonds. The molecule has 1 N–H and O–H groups in total. The molecule has 1 aromatic heterocycles. The monoisotopic (exact) mass is 236 g/mol. The Labute approximate surface area is 105 Å². The Morgan fingerprint density at radius 1 is 1.35 bits per heavy atom. The second kappa shape index (κ2) is 8.07. The maximum Gasteiger partial charge on any atom is 0.213 e. The zero-order chi connectivity index (χ0) is 12.5. The van der Waals surface area contributed by atoms with Gasteiger partial charge in [-0.25, -0.2) is 4.98 Å². The van der Waals surface area contributed by atoms with E-state index in [2.05, 4.69) is 31.1 Å². The van der Waals surface area contributed by atoms with E-state index in [4.69, 9.17) is 4.74 Å². The number of ether oxygens (including phenoxy) is 1. The topological polar surface area (TPSA) is 34.1 Å². The molecule has 17 heavy (non-hydrogen) atoms. The summed E-state index contributed by atoms with van der Waals surface area (Å²) in [6.07, 6.45) is 2.30. The highest BCUT2D eigenvalue weighted by atomic mass is 16.5. The predicted molar refractivity (Wildman–Crippen MR) is 71.2 cm³/mol. The lowest BCUT2D eigenvalue weighted by atomic mass is 10.1. The van der Waals surface area contributed by atoms with E-state index in [1.165, 1.54) is 6.42 Å². The zero-order valence-electron chi connectivity index (χ0n) is 11.2. The van der Waals surface area contributed by atoms with E-state index in [0.717, 1.165) is 43.6 Å². The molecule has 0 aliphatic rings. The quantitative estimate of drug-likeness (QED) is 0.705. The molecule has 0 fully saturated rings. The Balaban J connectivity index is 2.32. The van der Waals surface area contributed by atoms with E-state index in [-0.39, 0.29) is 0 Å². The van der Waals surface area contributed by atoms with Crippen LogP contribution >= 0.6 is 0 Å². The van der Waals surface area contributed by atoms with Crippen molar-refractivity contribution in [3.8, 4) is 5.88 Å². The van der Waals surface area contributed by atoms with Gasteiger partial charge in [0.05, 0.1) is 12.3 Å². The van der Waals surface area contributed by atoms with E-state index in [1.54, 1.807) is 0 Å². The van der Waals surface area contributed by atoms with Crippen LogP contribution in [0.1, 0.15) is 39.3 Å². The van der Waals surface area contributed by atoms with Gasteiger partial charge in [-0.3, -0.25) is 0 Å². The highest BCUT2D eigenvalue weighted by Gasteiger charge is 1.99. The van der Waals surface area contributed by atoms with Crippen molar-refractivity contribution in [2.24, 2.45) is 5.92 Å². The SMILES string of the molecule is CCNCc1cccc(OCCCC(C)C)n1. The van der Waals surface area contributed by atoms with Gasteiger partial charge in [-0.15, -0.1) is 0 Å². The predicted octanol–water partition coefficient (Wildman–Crippen LogP) is 3.01. The van der Waals surface area contributed by atoms with E-state index in [9.17, 15) is 0 Å². The van der Waals surface area contributed by atoms with Gasteiger partial charge >= 0.3 is 0 Å². The maximum absolute atomic E-state index is 5.64. The number of nitrogens with zero attached hydrogens (tertiary/aromatic N) is 1. The van der Waals surface area contributed by atoms with Crippen molar-refractivity contribution in [1.82, 2.24) is 10.3 Å². The molecule has 0 aliphatic heterocycles. The van der Waals surface area contributed by atoms with Gasteiger partial charge in [-0.2, -0.15) is 0 Å². The minimum absolute atomic E-state index is 0.740. The second-order valence-electron chi connectivity index (χ2n) is 4.63. The molecule has 0 atom stereocenters. The van der Waals surface area contributed by atoms with Crippen molar-refractivity contribution in [3.63, 3.8) is 0 Å². The molecule has 0 unspecified atom stereocenters. The van der Waals surface area contributed by atoms with Gasteiger partial charge in [0.15, 0.2) is 0 Å². The Kier molecular flexibility index (Phi) is 6.63. The number of nitrogens with one attached hydrogen (secondary N) is 1. The van der Waals surface area contributed by atoms with E-state index in [1.807, 2.05) is 18.2 Å². The third-order valence-electron chi connectivity index (χ3n) is 2.51. The van der Waals surface area contributed by atoms with Gasteiger partial charge in [0.2, 0.25) is 5.88 Å². The summed E-state index contributed by atoms with van der Waals surface area (Å²) in [6, 6.07) is 5.94. The largest absolute Gasteiger partial charge is 0.478 e. The second-order valence-corrected chi connectivity index (χ2v) is 4.63. The minimum atomic E-state index is 0.740. The standard InChI is InChI=1S/C14H24N2O/c1-4-15-11-13-8-5-9-14(16-13)17-10-6-7-12(2)3/h5,8-9,12,15H,4,6-7,10-11H2,1-3H3. The first-order chi connectivity index (χ1) is 8.22. The molecule has 0 aliphatic carbocycles. The molecular weight excluding hydrogens is 212 g/mol. The fraction of sp³-hybridized carbons (Fsp3) is 0.643. The number of hydrogen-bond acceptors (Lipinski definition) is 3. The van der Waals surface area contributed by atoms with Crippen LogP contribution in [0.2, 0.25) is 0 Å². The number of rotatable bonds is 8. The van der Waals surface area contributed by atoms with E-state index < -0.39 is 0 Å². The smallest absolute Gasteiger partial charge is 0.213 e. The Hall–Kier alpha value is -1.09. The summed E-state index contributed by atoms with van der Waals surface area (Å²) in [5, 5.41) is 3.26. The van der Waals surface area contributed by atoms with Crippen LogP contribution in [-0.4, -0.2) is 18.1 Å². The van der Waals surface area contributed by atoms with Crippen LogP contribution < -0.4 is 10.1 Å². The van der Waals surface area contributed by atoms with Gasteiger partial charge in [0.25, 0.3) is 0 Å². The van der Waals surface area contributed by atoms with Gasteiger partial charge in [0.1, 0.15) is 0 Å². The van der Waals surface area contributed by atoms with Crippen LogP contribution in [0.4, 0.5) is 0 Å². The highest BCUT2D eigenvalue weighted by Crippen LogP contribution is 2.09. The summed E-state index contributed by atoms with van der Waals surface area (Å²) < 4.78 is 5.64. The average molecular weight is 236 g/mol. The maximum atomic E-state index is 5.64. The summed E-state index contributed by atoms with van der Waals surface area (Å²) in [5.74, 6) is 1.48. The van der Waals surface area contributed by atoms with Gasteiger partial charge < -0.3 is 10.1 Å². The molecule has 0 saturated carbocycles. The van der Waals surface area contributed by atoms with Gasteiger partial charge in [-0.05, 0) is 31.4 Å². The first-order valence-corrected chi connectivity index (χ1v) is 6.51. The molecule has 3 nitrogen and oxygen atoms in total. The summed E-state index contributed by atoms with van der Waals surface area (Å²) >= 11 is 0. The summed E-state index contributed by atoms with van der Waals surface area (Å²) in [4.78, 5) is 4.44. The molecule has 3 heteroatoms. The molecule has 1 heterocycles. The van der Waals surface area contributed by atoms with Gasteiger partial charge in [-0.1, -0.05) is 26.8 Å². The summed E-state index contributed by atoms with van der Waals surface area (Å²) in [5.41, 5.74) is 1.04. The number of hydrogen-bond donors (Lipinski definition) is 1. The number of aromatic nitrogens is 1. The van der Waals surface area contributed by atoms with Crippen LogP contribution in [0.25, 0.3) is 0 Å². The van der Waals surface area contributed by atoms with Crippen molar-refractivity contribution in [1.29, 1.82) is 0 Å². The minimum Gasteiger partial charge on any atom is -0.478 e. The van der Waals surface area contributed by atoms with Gasteiger partial charge in [0, 0.05) is 12.6 Å². The first kappa shape index (κ1) is 14.0. The van der Waals surface area contributed by atoms with Crippen molar-refractivity contribution in [3.05, 3.63) is 23.9 Å².